The monoisotopic (exact) mass is 443 g/mol. The molecule has 31 heavy (non-hydrogen) atoms. The van der Waals surface area contributed by atoms with Gasteiger partial charge in [-0.05, 0) is 62.9 Å². The van der Waals surface area contributed by atoms with E-state index in [0.717, 1.165) is 43.3 Å². The molecular formula is C23H29N3O4S. The lowest BCUT2D eigenvalue weighted by Gasteiger charge is -2.36. The molecule has 8 heteroatoms. The fraction of sp³-hybridized carbons (Fsp3) is 0.478. The summed E-state index contributed by atoms with van der Waals surface area (Å²) in [5.41, 5.74) is 2.35. The molecule has 1 amide bonds. The Morgan fingerprint density at radius 3 is 2.39 bits per heavy atom. The highest BCUT2D eigenvalue weighted by Crippen LogP contribution is 2.30. The maximum absolute atomic E-state index is 13.4. The van der Waals surface area contributed by atoms with Gasteiger partial charge in [0.05, 0.1) is 28.4 Å². The molecule has 1 aromatic carbocycles. The molecule has 0 unspecified atom stereocenters. The van der Waals surface area contributed by atoms with Gasteiger partial charge in [0.15, 0.2) is 9.84 Å². The summed E-state index contributed by atoms with van der Waals surface area (Å²) in [6.07, 6.45) is 7.26. The van der Waals surface area contributed by atoms with Crippen LogP contribution in [0.3, 0.4) is 0 Å². The van der Waals surface area contributed by atoms with Crippen molar-refractivity contribution in [3.05, 3.63) is 47.8 Å². The first-order valence-corrected chi connectivity index (χ1v) is 12.7. The van der Waals surface area contributed by atoms with Crippen LogP contribution >= 0.6 is 0 Å². The number of sulfone groups is 1. The highest BCUT2D eigenvalue weighted by Gasteiger charge is 2.27. The van der Waals surface area contributed by atoms with Crippen LogP contribution in [-0.4, -0.2) is 62.7 Å². The Balaban J connectivity index is 1.53. The van der Waals surface area contributed by atoms with E-state index in [2.05, 4.69) is 9.88 Å². The number of ether oxygens (including phenoxy) is 1. The van der Waals surface area contributed by atoms with Crippen LogP contribution in [0, 0.1) is 6.92 Å². The van der Waals surface area contributed by atoms with Gasteiger partial charge in [0.1, 0.15) is 5.75 Å². The highest BCUT2D eigenvalue weighted by atomic mass is 32.2. The number of benzene rings is 1. The number of anilines is 1. The number of pyridine rings is 1. The SMILES string of the molecule is Cc1ccc(N2CCN(C(=O)c3cc(S(C)(=O)=O)ccc3OC3CCCC3)CC2)cn1. The van der Waals surface area contributed by atoms with E-state index in [-0.39, 0.29) is 16.9 Å². The second-order valence-electron chi connectivity index (χ2n) is 8.39. The number of carbonyl (C=O) groups is 1. The number of carbonyl (C=O) groups excluding carboxylic acids is 1. The third kappa shape index (κ3) is 5.01. The number of aromatic nitrogens is 1. The topological polar surface area (TPSA) is 79.8 Å². The molecule has 2 aromatic rings. The summed E-state index contributed by atoms with van der Waals surface area (Å²) in [4.78, 5) is 21.9. The first kappa shape index (κ1) is 21.6. The van der Waals surface area contributed by atoms with Gasteiger partial charge in [-0.3, -0.25) is 9.78 Å². The molecule has 1 saturated carbocycles. The van der Waals surface area contributed by atoms with Crippen LogP contribution in [0.5, 0.6) is 5.75 Å². The minimum absolute atomic E-state index is 0.0847. The van der Waals surface area contributed by atoms with Crippen LogP contribution in [0.15, 0.2) is 41.4 Å². The van der Waals surface area contributed by atoms with E-state index in [1.807, 2.05) is 25.3 Å². The number of amides is 1. The van der Waals surface area contributed by atoms with Gasteiger partial charge in [-0.25, -0.2) is 8.42 Å². The molecule has 2 fully saturated rings. The van der Waals surface area contributed by atoms with Gasteiger partial charge in [0.2, 0.25) is 0 Å². The zero-order chi connectivity index (χ0) is 22.0. The van der Waals surface area contributed by atoms with Crippen molar-refractivity contribution in [2.45, 2.75) is 43.6 Å². The summed E-state index contributed by atoms with van der Waals surface area (Å²) in [6.45, 7) is 4.45. The molecule has 1 aromatic heterocycles. The van der Waals surface area contributed by atoms with Crippen molar-refractivity contribution in [3.8, 4) is 5.75 Å². The zero-order valence-electron chi connectivity index (χ0n) is 18.1. The minimum Gasteiger partial charge on any atom is -0.490 e. The molecule has 1 aliphatic heterocycles. The summed E-state index contributed by atoms with van der Waals surface area (Å²) < 4.78 is 30.3. The van der Waals surface area contributed by atoms with Crippen molar-refractivity contribution < 1.29 is 17.9 Å². The molecule has 0 N–H and O–H groups in total. The Morgan fingerprint density at radius 1 is 1.06 bits per heavy atom. The summed E-state index contributed by atoms with van der Waals surface area (Å²) in [5, 5.41) is 0. The standard InChI is InChI=1S/C23H29N3O4S/c1-17-7-8-18(16-24-17)25-11-13-26(14-12-25)23(27)21-15-20(31(2,28)29)9-10-22(21)30-19-5-3-4-6-19/h7-10,15-16,19H,3-6,11-14H2,1-2H3. The second-order valence-corrected chi connectivity index (χ2v) is 10.4. The number of rotatable bonds is 5. The summed E-state index contributed by atoms with van der Waals surface area (Å²) >= 11 is 0. The highest BCUT2D eigenvalue weighted by molar-refractivity contribution is 7.90. The molecular weight excluding hydrogens is 414 g/mol. The van der Waals surface area contributed by atoms with Gasteiger partial charge in [-0.1, -0.05) is 0 Å². The quantitative estimate of drug-likeness (QED) is 0.707. The van der Waals surface area contributed by atoms with Crippen molar-refractivity contribution >= 4 is 21.4 Å². The Bertz CT molecular complexity index is 1040. The largest absolute Gasteiger partial charge is 0.490 e. The summed E-state index contributed by atoms with van der Waals surface area (Å²) in [6, 6.07) is 8.66. The zero-order valence-corrected chi connectivity index (χ0v) is 18.9. The molecule has 4 rings (SSSR count). The lowest BCUT2D eigenvalue weighted by molar-refractivity contribution is 0.0739. The molecule has 1 aliphatic carbocycles. The van der Waals surface area contributed by atoms with Crippen molar-refractivity contribution in [1.82, 2.24) is 9.88 Å². The van der Waals surface area contributed by atoms with E-state index in [1.165, 1.54) is 12.1 Å². The Kier molecular flexibility index (Phi) is 6.18. The van der Waals surface area contributed by atoms with Crippen LogP contribution in [0.2, 0.25) is 0 Å². The molecule has 166 valence electrons. The first-order valence-electron chi connectivity index (χ1n) is 10.8. The first-order chi connectivity index (χ1) is 14.8. The predicted molar refractivity (Wildman–Crippen MR) is 120 cm³/mol. The smallest absolute Gasteiger partial charge is 0.257 e. The molecule has 0 bridgehead atoms. The van der Waals surface area contributed by atoms with Gasteiger partial charge in [0, 0.05) is 38.1 Å². The Labute approximate surface area is 183 Å². The van der Waals surface area contributed by atoms with Crippen LogP contribution in [0.4, 0.5) is 5.69 Å². The third-order valence-corrected chi connectivity index (χ3v) is 7.14. The van der Waals surface area contributed by atoms with Crippen LogP contribution in [0.25, 0.3) is 0 Å². The van der Waals surface area contributed by atoms with Crippen molar-refractivity contribution in [2.24, 2.45) is 0 Å². The number of piperazine rings is 1. The van der Waals surface area contributed by atoms with Gasteiger partial charge >= 0.3 is 0 Å². The van der Waals surface area contributed by atoms with E-state index < -0.39 is 9.84 Å². The maximum atomic E-state index is 13.4. The second kappa shape index (κ2) is 8.86. The van der Waals surface area contributed by atoms with Crippen molar-refractivity contribution in [1.29, 1.82) is 0 Å². The van der Waals surface area contributed by atoms with Crippen LogP contribution in [0.1, 0.15) is 41.7 Å². The van der Waals surface area contributed by atoms with Crippen LogP contribution in [-0.2, 0) is 9.84 Å². The van der Waals surface area contributed by atoms with Gasteiger partial charge < -0.3 is 14.5 Å². The van der Waals surface area contributed by atoms with Gasteiger partial charge in [-0.2, -0.15) is 0 Å². The molecule has 0 atom stereocenters. The van der Waals surface area contributed by atoms with E-state index in [4.69, 9.17) is 4.74 Å². The molecule has 7 nitrogen and oxygen atoms in total. The lowest BCUT2D eigenvalue weighted by atomic mass is 10.1. The average Bonchev–Trinajstić information content (AvgIpc) is 3.26. The van der Waals surface area contributed by atoms with Gasteiger partial charge in [-0.15, -0.1) is 0 Å². The number of hydrogen-bond donors (Lipinski definition) is 0. The predicted octanol–water partition coefficient (Wildman–Crippen LogP) is 3.08. The average molecular weight is 444 g/mol. The fourth-order valence-electron chi connectivity index (χ4n) is 4.18. The summed E-state index contributed by atoms with van der Waals surface area (Å²) in [5.74, 6) is 0.301. The molecule has 0 radical (unpaired) electrons. The molecule has 0 spiro atoms. The fourth-order valence-corrected chi connectivity index (χ4v) is 4.83. The van der Waals surface area contributed by atoms with Gasteiger partial charge in [0.25, 0.3) is 5.91 Å². The molecule has 2 aliphatic rings. The number of hydrogen-bond acceptors (Lipinski definition) is 6. The van der Waals surface area contributed by atoms with Crippen LogP contribution < -0.4 is 9.64 Å². The van der Waals surface area contributed by atoms with Crippen molar-refractivity contribution in [3.63, 3.8) is 0 Å². The number of nitrogens with zero attached hydrogens (tertiary/aromatic N) is 3. The molecule has 2 heterocycles. The van der Waals surface area contributed by atoms with E-state index >= 15 is 0 Å². The van der Waals surface area contributed by atoms with Crippen molar-refractivity contribution in [2.75, 3.05) is 37.3 Å². The van der Waals surface area contributed by atoms with E-state index in [9.17, 15) is 13.2 Å². The lowest BCUT2D eigenvalue weighted by Crippen LogP contribution is -2.49. The minimum atomic E-state index is -3.42. The Hall–Kier alpha value is -2.61. The Morgan fingerprint density at radius 2 is 1.77 bits per heavy atom. The third-order valence-electron chi connectivity index (χ3n) is 6.03. The number of aryl methyl sites for hydroxylation is 1. The molecule has 1 saturated heterocycles. The summed E-state index contributed by atoms with van der Waals surface area (Å²) in [7, 11) is -3.42. The van der Waals surface area contributed by atoms with E-state index in [1.54, 1.807) is 11.0 Å². The maximum Gasteiger partial charge on any atom is 0.257 e. The normalized spacial score (nSPS) is 17.7. The van der Waals surface area contributed by atoms with E-state index in [0.29, 0.717) is 37.5 Å².